The van der Waals surface area contributed by atoms with Gasteiger partial charge in [0.05, 0.1) is 28.6 Å². The standard InChI is InChI=1S/C19H16ClFN2O2/c1-19(2)17-16(11-7-6-10(9-24)8-14(11)25-19)22-18(23-17)15-12(20)4-3-5-13(15)21/h3-8,24H,9H2,1-2H3,(H,22,23). The van der Waals surface area contributed by atoms with Gasteiger partial charge in [-0.2, -0.15) is 0 Å². The number of hydrogen-bond donors (Lipinski definition) is 2. The van der Waals surface area contributed by atoms with Crippen molar-refractivity contribution in [3.63, 3.8) is 0 Å². The van der Waals surface area contributed by atoms with Crippen LogP contribution < -0.4 is 4.74 Å². The van der Waals surface area contributed by atoms with E-state index in [4.69, 9.17) is 16.3 Å². The molecule has 0 bridgehead atoms. The van der Waals surface area contributed by atoms with Crippen LogP contribution in [0.15, 0.2) is 36.4 Å². The molecule has 1 aliphatic heterocycles. The summed E-state index contributed by atoms with van der Waals surface area (Å²) >= 11 is 6.18. The summed E-state index contributed by atoms with van der Waals surface area (Å²) in [5.41, 5.74) is 2.56. The molecule has 4 rings (SSSR count). The Labute approximate surface area is 149 Å². The van der Waals surface area contributed by atoms with E-state index >= 15 is 0 Å². The maximum absolute atomic E-state index is 14.3. The molecule has 1 aliphatic rings. The van der Waals surface area contributed by atoms with E-state index < -0.39 is 11.4 Å². The zero-order chi connectivity index (χ0) is 17.8. The van der Waals surface area contributed by atoms with Gasteiger partial charge in [-0.3, -0.25) is 0 Å². The van der Waals surface area contributed by atoms with Gasteiger partial charge >= 0.3 is 0 Å². The highest BCUT2D eigenvalue weighted by molar-refractivity contribution is 6.33. The second kappa shape index (κ2) is 5.58. The number of benzene rings is 2. The van der Waals surface area contributed by atoms with Crippen LogP contribution in [0, 0.1) is 5.82 Å². The molecule has 2 heterocycles. The monoisotopic (exact) mass is 358 g/mol. The smallest absolute Gasteiger partial charge is 0.145 e. The van der Waals surface area contributed by atoms with Gasteiger partial charge in [0.25, 0.3) is 0 Å². The lowest BCUT2D eigenvalue weighted by Crippen LogP contribution is -2.29. The van der Waals surface area contributed by atoms with Crippen LogP contribution >= 0.6 is 11.6 Å². The van der Waals surface area contributed by atoms with E-state index in [-0.39, 0.29) is 12.2 Å². The van der Waals surface area contributed by atoms with Gasteiger partial charge < -0.3 is 14.8 Å². The topological polar surface area (TPSA) is 58.1 Å². The van der Waals surface area contributed by atoms with Gasteiger partial charge in [0.1, 0.15) is 23.0 Å². The number of H-pyrrole nitrogens is 1. The van der Waals surface area contributed by atoms with Crippen LogP contribution in [0.1, 0.15) is 25.1 Å². The summed E-state index contributed by atoms with van der Waals surface area (Å²) in [4.78, 5) is 7.79. The quantitative estimate of drug-likeness (QED) is 0.700. The number of rotatable bonds is 2. The molecule has 4 nitrogen and oxygen atoms in total. The number of hydrogen-bond acceptors (Lipinski definition) is 3. The molecule has 6 heteroatoms. The molecule has 0 aliphatic carbocycles. The lowest BCUT2D eigenvalue weighted by molar-refractivity contribution is 0.101. The fraction of sp³-hybridized carbons (Fsp3) is 0.211. The zero-order valence-corrected chi connectivity index (χ0v) is 14.5. The van der Waals surface area contributed by atoms with Gasteiger partial charge in [0.2, 0.25) is 0 Å². The van der Waals surface area contributed by atoms with Crippen LogP contribution in [-0.2, 0) is 12.2 Å². The molecule has 0 saturated heterocycles. The van der Waals surface area contributed by atoms with Crippen molar-refractivity contribution in [2.45, 2.75) is 26.1 Å². The molecule has 0 fully saturated rings. The van der Waals surface area contributed by atoms with E-state index in [9.17, 15) is 9.50 Å². The Kier molecular flexibility index (Phi) is 3.60. The van der Waals surface area contributed by atoms with Crippen LogP contribution in [0.3, 0.4) is 0 Å². The summed E-state index contributed by atoms with van der Waals surface area (Å²) in [5, 5.41) is 9.64. The Morgan fingerprint density at radius 3 is 2.80 bits per heavy atom. The van der Waals surface area contributed by atoms with Gasteiger partial charge in [-0.1, -0.05) is 23.7 Å². The van der Waals surface area contributed by atoms with Gasteiger partial charge in [-0.05, 0) is 43.7 Å². The lowest BCUT2D eigenvalue weighted by Gasteiger charge is -2.32. The van der Waals surface area contributed by atoms with Gasteiger partial charge in [0, 0.05) is 5.56 Å². The number of aromatic amines is 1. The van der Waals surface area contributed by atoms with Crippen molar-refractivity contribution >= 4 is 11.6 Å². The first-order valence-electron chi connectivity index (χ1n) is 7.89. The summed E-state index contributed by atoms with van der Waals surface area (Å²) in [7, 11) is 0. The molecule has 0 unspecified atom stereocenters. The number of nitrogens with one attached hydrogen (secondary N) is 1. The second-order valence-electron chi connectivity index (χ2n) is 6.51. The van der Waals surface area contributed by atoms with Crippen LogP contribution in [0.4, 0.5) is 4.39 Å². The Bertz CT molecular complexity index is 961. The molecule has 0 radical (unpaired) electrons. The summed E-state index contributed by atoms with van der Waals surface area (Å²) in [6.07, 6.45) is 0. The summed E-state index contributed by atoms with van der Waals surface area (Å²) in [5.74, 6) is 0.568. The molecule has 128 valence electrons. The van der Waals surface area contributed by atoms with Gasteiger partial charge in [0.15, 0.2) is 0 Å². The molecular weight excluding hydrogens is 343 g/mol. The van der Waals surface area contributed by atoms with E-state index in [1.54, 1.807) is 18.2 Å². The molecule has 0 atom stereocenters. The predicted octanol–water partition coefficient (Wildman–Crippen LogP) is 4.66. The Morgan fingerprint density at radius 1 is 1.28 bits per heavy atom. The predicted molar refractivity (Wildman–Crippen MR) is 94.0 cm³/mol. The summed E-state index contributed by atoms with van der Waals surface area (Å²) in [6.45, 7) is 3.75. The maximum atomic E-state index is 14.3. The highest BCUT2D eigenvalue weighted by Crippen LogP contribution is 2.45. The lowest BCUT2D eigenvalue weighted by atomic mass is 9.94. The zero-order valence-electron chi connectivity index (χ0n) is 13.7. The molecular formula is C19H16ClFN2O2. The van der Waals surface area contributed by atoms with Crippen LogP contribution in [-0.4, -0.2) is 15.1 Å². The average Bonchev–Trinajstić information content (AvgIpc) is 3.00. The summed E-state index contributed by atoms with van der Waals surface area (Å²) < 4.78 is 20.4. The second-order valence-corrected chi connectivity index (χ2v) is 6.91. The van der Waals surface area contributed by atoms with Gasteiger partial charge in [-0.25, -0.2) is 9.37 Å². The van der Waals surface area contributed by atoms with Gasteiger partial charge in [-0.15, -0.1) is 0 Å². The minimum atomic E-state index is -0.681. The highest BCUT2D eigenvalue weighted by Gasteiger charge is 2.36. The summed E-state index contributed by atoms with van der Waals surface area (Å²) in [6, 6.07) is 10.0. The largest absolute Gasteiger partial charge is 0.481 e. The van der Waals surface area contributed by atoms with Crippen molar-refractivity contribution in [3.05, 3.63) is 58.5 Å². The van der Waals surface area contributed by atoms with Crippen molar-refractivity contribution in [3.8, 4) is 28.4 Å². The first-order chi connectivity index (χ1) is 11.9. The number of nitrogens with zero attached hydrogens (tertiary/aromatic N) is 1. The molecule has 3 aromatic rings. The van der Waals surface area contributed by atoms with Crippen molar-refractivity contribution in [1.82, 2.24) is 9.97 Å². The number of aromatic nitrogens is 2. The Balaban J connectivity index is 1.94. The highest BCUT2D eigenvalue weighted by atomic mass is 35.5. The molecule has 0 saturated carbocycles. The van der Waals surface area contributed by atoms with Crippen molar-refractivity contribution in [2.24, 2.45) is 0 Å². The number of aliphatic hydroxyl groups is 1. The molecule has 2 aromatic carbocycles. The third kappa shape index (κ3) is 2.51. The first kappa shape index (κ1) is 16.1. The number of aliphatic hydroxyl groups excluding tert-OH is 1. The normalized spacial score (nSPS) is 14.6. The fourth-order valence-corrected chi connectivity index (χ4v) is 3.37. The number of ether oxygens (including phenoxy) is 1. The third-order valence-electron chi connectivity index (χ3n) is 4.35. The number of halogens is 2. The molecule has 0 spiro atoms. The van der Waals surface area contributed by atoms with Crippen molar-refractivity contribution < 1.29 is 14.2 Å². The third-order valence-corrected chi connectivity index (χ3v) is 4.67. The van der Waals surface area contributed by atoms with Crippen LogP contribution in [0.5, 0.6) is 5.75 Å². The van der Waals surface area contributed by atoms with Crippen LogP contribution in [0.2, 0.25) is 5.02 Å². The molecule has 2 N–H and O–H groups in total. The van der Waals surface area contributed by atoms with Crippen molar-refractivity contribution in [2.75, 3.05) is 0 Å². The minimum Gasteiger partial charge on any atom is -0.481 e. The fourth-order valence-electron chi connectivity index (χ4n) is 3.12. The molecule has 25 heavy (non-hydrogen) atoms. The number of imidazole rings is 1. The minimum absolute atomic E-state index is 0.0689. The van der Waals surface area contributed by atoms with Crippen LogP contribution in [0.25, 0.3) is 22.6 Å². The van der Waals surface area contributed by atoms with E-state index in [0.29, 0.717) is 22.3 Å². The van der Waals surface area contributed by atoms with E-state index in [0.717, 1.165) is 16.8 Å². The SMILES string of the molecule is CC1(C)Oc2cc(CO)ccc2-c2nc(-c3c(F)cccc3Cl)[nH]c21. The Morgan fingerprint density at radius 2 is 2.08 bits per heavy atom. The molecule has 0 amide bonds. The van der Waals surface area contributed by atoms with E-state index in [1.807, 2.05) is 26.0 Å². The van der Waals surface area contributed by atoms with Crippen molar-refractivity contribution in [1.29, 1.82) is 0 Å². The first-order valence-corrected chi connectivity index (χ1v) is 8.26. The van der Waals surface area contributed by atoms with E-state index in [1.165, 1.54) is 6.07 Å². The maximum Gasteiger partial charge on any atom is 0.145 e. The Hall–Kier alpha value is -2.37. The molecule has 1 aromatic heterocycles. The van der Waals surface area contributed by atoms with E-state index in [2.05, 4.69) is 9.97 Å². The average molecular weight is 359 g/mol. The number of fused-ring (bicyclic) bond motifs is 3.